The van der Waals surface area contributed by atoms with Crippen molar-refractivity contribution in [3.63, 3.8) is 0 Å². The lowest BCUT2D eigenvalue weighted by Crippen LogP contribution is -2.51. The second-order valence-corrected chi connectivity index (χ2v) is 5.87. The Morgan fingerprint density at radius 3 is 2.57 bits per heavy atom. The van der Waals surface area contributed by atoms with Gasteiger partial charge >= 0.3 is 0 Å². The molecular weight excluding hydrogens is 284 g/mol. The van der Waals surface area contributed by atoms with E-state index in [4.69, 9.17) is 0 Å². The minimum Gasteiger partial charge on any atom is -0.361 e. The van der Waals surface area contributed by atoms with E-state index < -0.39 is 0 Å². The second-order valence-electron chi connectivity index (χ2n) is 5.87. The Morgan fingerprint density at radius 2 is 1.83 bits per heavy atom. The van der Waals surface area contributed by atoms with Crippen molar-refractivity contribution in [2.45, 2.75) is 32.5 Å². The number of hydrogen-bond donors (Lipinski definition) is 1. The van der Waals surface area contributed by atoms with Crippen LogP contribution >= 0.6 is 0 Å². The summed E-state index contributed by atoms with van der Waals surface area (Å²) in [6.07, 6.45) is 4.92. The predicted octanol–water partition coefficient (Wildman–Crippen LogP) is 4.39. The predicted molar refractivity (Wildman–Crippen MR) is 95.3 cm³/mol. The second kappa shape index (κ2) is 6.69. The van der Waals surface area contributed by atoms with Gasteiger partial charge in [0.25, 0.3) is 5.91 Å². The lowest BCUT2D eigenvalue weighted by molar-refractivity contribution is 0.0639. The SMILES string of the molecule is CC[C@@H](C)N1C(=O)c2ccccc2N[C@@H]1/C=C/c1ccccc1. The molecule has 2 aromatic carbocycles. The minimum atomic E-state index is -0.132. The molecule has 1 N–H and O–H groups in total. The minimum absolute atomic E-state index is 0.0939. The number of fused-ring (bicyclic) bond motifs is 1. The highest BCUT2D eigenvalue weighted by Gasteiger charge is 2.32. The summed E-state index contributed by atoms with van der Waals surface area (Å²) in [6, 6.07) is 18.0. The quantitative estimate of drug-likeness (QED) is 0.908. The van der Waals surface area contributed by atoms with Gasteiger partial charge in [0.15, 0.2) is 0 Å². The molecule has 0 fully saturated rings. The monoisotopic (exact) mass is 306 g/mol. The van der Waals surface area contributed by atoms with E-state index in [1.807, 2.05) is 47.4 Å². The number of hydrogen-bond acceptors (Lipinski definition) is 2. The Bertz CT molecular complexity index is 709. The van der Waals surface area contributed by atoms with Crippen molar-refractivity contribution >= 4 is 17.7 Å². The summed E-state index contributed by atoms with van der Waals surface area (Å²) >= 11 is 0. The van der Waals surface area contributed by atoms with E-state index in [1.54, 1.807) is 0 Å². The molecule has 1 amide bonds. The van der Waals surface area contributed by atoms with E-state index in [0.717, 1.165) is 23.2 Å². The normalized spacial score (nSPS) is 18.6. The number of para-hydroxylation sites is 1. The molecule has 118 valence electrons. The van der Waals surface area contributed by atoms with Crippen LogP contribution in [0.15, 0.2) is 60.7 Å². The van der Waals surface area contributed by atoms with Crippen molar-refractivity contribution in [3.05, 3.63) is 71.8 Å². The molecule has 2 aromatic rings. The van der Waals surface area contributed by atoms with Crippen LogP contribution in [0.1, 0.15) is 36.2 Å². The van der Waals surface area contributed by atoms with Gasteiger partial charge in [0, 0.05) is 11.7 Å². The standard InChI is InChI=1S/C20H22N2O/c1-3-15(2)22-19(14-13-16-9-5-4-6-10-16)21-18-12-8-7-11-17(18)20(22)23/h4-15,19,21H,3H2,1-2H3/b14-13+/t15-,19+/m1/s1. The zero-order valence-corrected chi connectivity index (χ0v) is 13.6. The summed E-state index contributed by atoms with van der Waals surface area (Å²) in [5.41, 5.74) is 2.78. The van der Waals surface area contributed by atoms with Crippen LogP contribution in [0.3, 0.4) is 0 Å². The van der Waals surface area contributed by atoms with Gasteiger partial charge in [-0.3, -0.25) is 4.79 Å². The molecule has 0 unspecified atom stereocenters. The molecule has 0 aromatic heterocycles. The molecular formula is C20H22N2O. The van der Waals surface area contributed by atoms with Gasteiger partial charge in [-0.05, 0) is 37.1 Å². The zero-order chi connectivity index (χ0) is 16.2. The molecule has 0 bridgehead atoms. The largest absolute Gasteiger partial charge is 0.361 e. The van der Waals surface area contributed by atoms with Gasteiger partial charge in [-0.15, -0.1) is 0 Å². The fourth-order valence-corrected chi connectivity index (χ4v) is 2.87. The number of carbonyl (C=O) groups excluding carboxylic acids is 1. The summed E-state index contributed by atoms with van der Waals surface area (Å²) in [7, 11) is 0. The third-order valence-electron chi connectivity index (χ3n) is 4.33. The molecule has 0 saturated heterocycles. The Morgan fingerprint density at radius 1 is 1.13 bits per heavy atom. The van der Waals surface area contributed by atoms with Crippen LogP contribution in [0.4, 0.5) is 5.69 Å². The van der Waals surface area contributed by atoms with E-state index in [2.05, 4.69) is 43.4 Å². The van der Waals surface area contributed by atoms with Gasteiger partial charge < -0.3 is 10.2 Å². The first kappa shape index (κ1) is 15.3. The molecule has 3 nitrogen and oxygen atoms in total. The van der Waals surface area contributed by atoms with Crippen molar-refractivity contribution in [1.29, 1.82) is 0 Å². The fraction of sp³-hybridized carbons (Fsp3) is 0.250. The number of carbonyl (C=O) groups is 1. The summed E-state index contributed by atoms with van der Waals surface area (Å²) in [6.45, 7) is 4.20. The van der Waals surface area contributed by atoms with Crippen LogP contribution in [0.25, 0.3) is 6.08 Å². The number of rotatable bonds is 4. The first-order valence-corrected chi connectivity index (χ1v) is 8.12. The lowest BCUT2D eigenvalue weighted by atomic mass is 10.0. The van der Waals surface area contributed by atoms with Crippen molar-refractivity contribution in [1.82, 2.24) is 4.90 Å². The molecule has 1 aliphatic rings. The lowest BCUT2D eigenvalue weighted by Gasteiger charge is -2.40. The van der Waals surface area contributed by atoms with Crippen molar-refractivity contribution in [2.24, 2.45) is 0 Å². The molecule has 1 aliphatic heterocycles. The topological polar surface area (TPSA) is 32.3 Å². The van der Waals surface area contributed by atoms with Crippen molar-refractivity contribution in [2.75, 3.05) is 5.32 Å². The number of benzene rings is 2. The van der Waals surface area contributed by atoms with Gasteiger partial charge in [0.05, 0.1) is 5.56 Å². The Kier molecular flexibility index (Phi) is 4.47. The molecule has 0 radical (unpaired) electrons. The van der Waals surface area contributed by atoms with Gasteiger partial charge in [0.1, 0.15) is 6.17 Å². The van der Waals surface area contributed by atoms with Gasteiger partial charge in [-0.1, -0.05) is 55.5 Å². The maximum Gasteiger partial charge on any atom is 0.258 e. The summed E-state index contributed by atoms with van der Waals surface area (Å²) < 4.78 is 0. The van der Waals surface area contributed by atoms with Gasteiger partial charge in [-0.2, -0.15) is 0 Å². The Labute approximate surface area is 137 Å². The first-order chi connectivity index (χ1) is 11.2. The van der Waals surface area contributed by atoms with E-state index in [0.29, 0.717) is 0 Å². The van der Waals surface area contributed by atoms with Gasteiger partial charge in [0.2, 0.25) is 0 Å². The maximum atomic E-state index is 12.9. The highest BCUT2D eigenvalue weighted by Crippen LogP contribution is 2.28. The molecule has 0 saturated carbocycles. The summed E-state index contributed by atoms with van der Waals surface area (Å²) in [5.74, 6) is 0.0939. The first-order valence-electron chi connectivity index (χ1n) is 8.12. The highest BCUT2D eigenvalue weighted by molar-refractivity contribution is 6.02. The number of anilines is 1. The van der Waals surface area contributed by atoms with Crippen LogP contribution in [-0.2, 0) is 0 Å². The van der Waals surface area contributed by atoms with Crippen LogP contribution < -0.4 is 5.32 Å². The average molecular weight is 306 g/mol. The average Bonchev–Trinajstić information content (AvgIpc) is 2.60. The van der Waals surface area contributed by atoms with Crippen LogP contribution in [0.2, 0.25) is 0 Å². The number of nitrogens with zero attached hydrogens (tertiary/aromatic N) is 1. The Hall–Kier alpha value is -2.55. The Balaban J connectivity index is 1.93. The fourth-order valence-electron chi connectivity index (χ4n) is 2.87. The smallest absolute Gasteiger partial charge is 0.258 e. The summed E-state index contributed by atoms with van der Waals surface area (Å²) in [4.78, 5) is 14.8. The molecule has 1 heterocycles. The van der Waals surface area contributed by atoms with E-state index in [9.17, 15) is 4.79 Å². The van der Waals surface area contributed by atoms with Gasteiger partial charge in [-0.25, -0.2) is 0 Å². The molecule has 0 spiro atoms. The molecule has 3 rings (SSSR count). The molecule has 23 heavy (non-hydrogen) atoms. The third-order valence-corrected chi connectivity index (χ3v) is 4.33. The zero-order valence-electron chi connectivity index (χ0n) is 13.6. The highest BCUT2D eigenvalue weighted by atomic mass is 16.2. The third kappa shape index (κ3) is 3.14. The molecule has 3 heteroatoms. The molecule has 0 aliphatic carbocycles. The van der Waals surface area contributed by atoms with E-state index in [-0.39, 0.29) is 18.1 Å². The van der Waals surface area contributed by atoms with Crippen molar-refractivity contribution < 1.29 is 4.79 Å². The van der Waals surface area contributed by atoms with Crippen LogP contribution in [0.5, 0.6) is 0 Å². The van der Waals surface area contributed by atoms with Crippen LogP contribution in [0, 0.1) is 0 Å². The van der Waals surface area contributed by atoms with Crippen LogP contribution in [-0.4, -0.2) is 23.0 Å². The molecule has 2 atom stereocenters. The summed E-state index contributed by atoms with van der Waals surface area (Å²) in [5, 5.41) is 3.48. The number of nitrogens with one attached hydrogen (secondary N) is 1. The van der Waals surface area contributed by atoms with Crippen molar-refractivity contribution in [3.8, 4) is 0 Å². The van der Waals surface area contributed by atoms with E-state index in [1.165, 1.54) is 0 Å². The number of amides is 1. The van der Waals surface area contributed by atoms with E-state index >= 15 is 0 Å². The maximum absolute atomic E-state index is 12.9.